The lowest BCUT2D eigenvalue weighted by Gasteiger charge is -2.39. The smallest absolute Gasteiger partial charge is 0.226 e. The number of rotatable bonds is 4. The zero-order valence-electron chi connectivity index (χ0n) is 12.7. The van der Waals surface area contributed by atoms with Gasteiger partial charge >= 0.3 is 0 Å². The van der Waals surface area contributed by atoms with Gasteiger partial charge in [-0.1, -0.05) is 13.0 Å². The lowest BCUT2D eigenvalue weighted by atomic mass is 9.68. The lowest BCUT2D eigenvalue weighted by Crippen LogP contribution is -2.48. The van der Waals surface area contributed by atoms with Crippen molar-refractivity contribution in [1.82, 2.24) is 20.1 Å². The second-order valence-electron chi connectivity index (χ2n) is 6.24. The maximum absolute atomic E-state index is 12.9. The molecule has 2 aromatic heterocycles. The summed E-state index contributed by atoms with van der Waals surface area (Å²) >= 11 is 0. The molecule has 0 spiro atoms. The Bertz CT molecular complexity index is 674. The Morgan fingerprint density at radius 3 is 2.77 bits per heavy atom. The highest BCUT2D eigenvalue weighted by Crippen LogP contribution is 2.42. The van der Waals surface area contributed by atoms with Crippen molar-refractivity contribution < 1.29 is 9.18 Å². The molecule has 0 saturated heterocycles. The first-order valence-corrected chi connectivity index (χ1v) is 7.35. The van der Waals surface area contributed by atoms with Crippen molar-refractivity contribution >= 4 is 5.91 Å². The van der Waals surface area contributed by atoms with Crippen molar-refractivity contribution in [3.63, 3.8) is 0 Å². The van der Waals surface area contributed by atoms with Crippen molar-refractivity contribution in [1.29, 1.82) is 0 Å². The van der Waals surface area contributed by atoms with Crippen LogP contribution in [0.2, 0.25) is 0 Å². The Labute approximate surface area is 128 Å². The lowest BCUT2D eigenvalue weighted by molar-refractivity contribution is -0.138. The van der Waals surface area contributed by atoms with Gasteiger partial charge in [0.1, 0.15) is 6.17 Å². The summed E-state index contributed by atoms with van der Waals surface area (Å²) in [6, 6.07) is 3.76. The highest BCUT2D eigenvalue weighted by atomic mass is 19.1. The molecule has 6 heteroatoms. The number of amides is 1. The Kier molecular flexibility index (Phi) is 3.68. The summed E-state index contributed by atoms with van der Waals surface area (Å²) in [5, 5.41) is 7.05. The molecule has 1 amide bonds. The van der Waals surface area contributed by atoms with Crippen LogP contribution in [-0.4, -0.2) is 26.8 Å². The van der Waals surface area contributed by atoms with E-state index in [4.69, 9.17) is 0 Å². The fourth-order valence-electron chi connectivity index (χ4n) is 2.69. The standard InChI is InChI=1S/C16H19FN4O/c1-11-7-20-21(10-11)14-4-3-12(8-18-14)9-19-15(22)16(2)5-13(17)6-16/h3-4,7-8,10,13H,5-6,9H2,1-2H3,(H,19,22). The monoisotopic (exact) mass is 302 g/mol. The predicted octanol–water partition coefficient (Wildman–Crippen LogP) is 2.33. The van der Waals surface area contributed by atoms with Crippen molar-refractivity contribution in [2.45, 2.75) is 39.4 Å². The minimum Gasteiger partial charge on any atom is -0.351 e. The second kappa shape index (κ2) is 5.51. The summed E-state index contributed by atoms with van der Waals surface area (Å²) in [5.41, 5.74) is 1.41. The molecule has 1 aliphatic carbocycles. The summed E-state index contributed by atoms with van der Waals surface area (Å²) < 4.78 is 14.6. The molecule has 1 saturated carbocycles. The summed E-state index contributed by atoms with van der Waals surface area (Å²) in [6.45, 7) is 4.17. The van der Waals surface area contributed by atoms with Crippen LogP contribution in [0, 0.1) is 12.3 Å². The molecule has 2 heterocycles. The number of aromatic nitrogens is 3. The molecule has 2 aromatic rings. The maximum atomic E-state index is 12.9. The van der Waals surface area contributed by atoms with Crippen LogP contribution in [0.15, 0.2) is 30.7 Å². The zero-order valence-corrected chi connectivity index (χ0v) is 12.7. The normalized spacial score (nSPS) is 23.9. The van der Waals surface area contributed by atoms with Crippen LogP contribution in [0.5, 0.6) is 0 Å². The van der Waals surface area contributed by atoms with E-state index < -0.39 is 11.6 Å². The minimum atomic E-state index is -0.839. The molecule has 1 aliphatic rings. The number of halogens is 1. The van der Waals surface area contributed by atoms with Crippen LogP contribution in [0.1, 0.15) is 30.9 Å². The molecule has 116 valence electrons. The number of hydrogen-bond acceptors (Lipinski definition) is 3. The highest BCUT2D eigenvalue weighted by molar-refractivity contribution is 5.83. The van der Waals surface area contributed by atoms with Crippen LogP contribution in [0.25, 0.3) is 5.82 Å². The first-order chi connectivity index (χ1) is 10.5. The van der Waals surface area contributed by atoms with E-state index in [1.165, 1.54) is 0 Å². The first kappa shape index (κ1) is 14.7. The van der Waals surface area contributed by atoms with Gasteiger partial charge in [-0.05, 0) is 37.0 Å². The van der Waals surface area contributed by atoms with Gasteiger partial charge in [-0.2, -0.15) is 5.10 Å². The Morgan fingerprint density at radius 2 is 2.23 bits per heavy atom. The minimum absolute atomic E-state index is 0.0897. The molecule has 0 atom stereocenters. The number of carbonyl (C=O) groups excluding carboxylic acids is 1. The van der Waals surface area contributed by atoms with Crippen LogP contribution in [-0.2, 0) is 11.3 Å². The fourth-order valence-corrected chi connectivity index (χ4v) is 2.69. The number of nitrogens with zero attached hydrogens (tertiary/aromatic N) is 3. The molecule has 1 fully saturated rings. The van der Waals surface area contributed by atoms with Gasteiger partial charge in [-0.3, -0.25) is 4.79 Å². The van der Waals surface area contributed by atoms with Crippen molar-refractivity contribution in [2.75, 3.05) is 0 Å². The van der Waals surface area contributed by atoms with Crippen molar-refractivity contribution in [2.24, 2.45) is 5.41 Å². The largest absolute Gasteiger partial charge is 0.351 e. The van der Waals surface area contributed by atoms with E-state index in [1.807, 2.05) is 25.3 Å². The summed E-state index contributed by atoms with van der Waals surface area (Å²) in [4.78, 5) is 16.4. The van der Waals surface area contributed by atoms with Gasteiger partial charge in [0.15, 0.2) is 5.82 Å². The Balaban J connectivity index is 1.59. The van der Waals surface area contributed by atoms with E-state index in [0.29, 0.717) is 19.4 Å². The van der Waals surface area contributed by atoms with E-state index in [1.54, 1.807) is 24.0 Å². The van der Waals surface area contributed by atoms with E-state index in [2.05, 4.69) is 15.4 Å². The average Bonchev–Trinajstić information content (AvgIpc) is 2.90. The molecule has 0 unspecified atom stereocenters. The number of aryl methyl sites for hydroxylation is 1. The number of hydrogen-bond donors (Lipinski definition) is 1. The van der Waals surface area contributed by atoms with Gasteiger partial charge in [0, 0.05) is 18.9 Å². The predicted molar refractivity (Wildman–Crippen MR) is 80.2 cm³/mol. The topological polar surface area (TPSA) is 59.8 Å². The summed E-state index contributed by atoms with van der Waals surface area (Å²) in [7, 11) is 0. The molecule has 1 N–H and O–H groups in total. The molecule has 3 rings (SSSR count). The van der Waals surface area contributed by atoms with E-state index in [0.717, 1.165) is 16.9 Å². The number of nitrogens with one attached hydrogen (secondary N) is 1. The van der Waals surface area contributed by atoms with Crippen LogP contribution in [0.3, 0.4) is 0 Å². The first-order valence-electron chi connectivity index (χ1n) is 7.35. The Morgan fingerprint density at radius 1 is 1.45 bits per heavy atom. The third kappa shape index (κ3) is 2.86. The van der Waals surface area contributed by atoms with Gasteiger partial charge in [-0.25, -0.2) is 14.1 Å². The van der Waals surface area contributed by atoms with Gasteiger partial charge in [0.05, 0.1) is 11.6 Å². The quantitative estimate of drug-likeness (QED) is 0.943. The Hall–Kier alpha value is -2.24. The molecular weight excluding hydrogens is 283 g/mol. The maximum Gasteiger partial charge on any atom is 0.226 e. The number of alkyl halides is 1. The van der Waals surface area contributed by atoms with Gasteiger partial charge in [-0.15, -0.1) is 0 Å². The molecule has 0 radical (unpaired) electrons. The highest BCUT2D eigenvalue weighted by Gasteiger charge is 2.46. The van der Waals surface area contributed by atoms with E-state index in [-0.39, 0.29) is 5.91 Å². The molecule has 0 aromatic carbocycles. The molecule has 0 bridgehead atoms. The van der Waals surface area contributed by atoms with Crippen LogP contribution < -0.4 is 5.32 Å². The third-order valence-corrected chi connectivity index (χ3v) is 4.10. The summed E-state index contributed by atoms with van der Waals surface area (Å²) in [5.74, 6) is 0.641. The van der Waals surface area contributed by atoms with E-state index >= 15 is 0 Å². The molecule has 0 aliphatic heterocycles. The zero-order chi connectivity index (χ0) is 15.7. The van der Waals surface area contributed by atoms with Crippen molar-refractivity contribution in [3.05, 3.63) is 41.9 Å². The van der Waals surface area contributed by atoms with Crippen LogP contribution >= 0.6 is 0 Å². The van der Waals surface area contributed by atoms with Crippen molar-refractivity contribution in [3.8, 4) is 5.82 Å². The molecule has 22 heavy (non-hydrogen) atoms. The SMILES string of the molecule is Cc1cnn(-c2ccc(CNC(=O)C3(C)CC(F)C3)cn2)c1. The number of pyridine rings is 1. The van der Waals surface area contributed by atoms with Crippen LogP contribution in [0.4, 0.5) is 4.39 Å². The second-order valence-corrected chi connectivity index (χ2v) is 6.24. The van der Waals surface area contributed by atoms with Gasteiger partial charge < -0.3 is 5.32 Å². The van der Waals surface area contributed by atoms with Gasteiger partial charge in [0.2, 0.25) is 5.91 Å². The third-order valence-electron chi connectivity index (χ3n) is 4.10. The average molecular weight is 302 g/mol. The number of carbonyl (C=O) groups is 1. The van der Waals surface area contributed by atoms with E-state index in [9.17, 15) is 9.18 Å². The molecular formula is C16H19FN4O. The fraction of sp³-hybridized carbons (Fsp3) is 0.438. The molecule has 5 nitrogen and oxygen atoms in total. The van der Waals surface area contributed by atoms with Gasteiger partial charge in [0.25, 0.3) is 0 Å². The summed E-state index contributed by atoms with van der Waals surface area (Å²) in [6.07, 6.45) is 5.17.